The van der Waals surface area contributed by atoms with Gasteiger partial charge in [-0.2, -0.15) is 5.10 Å². The molecule has 4 aromatic rings. The molecule has 130 valence electrons. The van der Waals surface area contributed by atoms with Gasteiger partial charge in [0.1, 0.15) is 0 Å². The number of rotatable bonds is 6. The second-order valence-corrected chi connectivity index (χ2v) is 6.74. The van der Waals surface area contributed by atoms with Gasteiger partial charge in [-0.3, -0.25) is 5.10 Å². The number of aryl methyl sites for hydroxylation is 1. The fraction of sp³-hybridized carbons (Fsp3) is 0.143. The number of imidazole rings is 1. The first-order valence-corrected chi connectivity index (χ1v) is 8.98. The Balaban J connectivity index is 1.61. The number of nitrogens with one attached hydrogen (secondary N) is 1. The van der Waals surface area contributed by atoms with E-state index in [1.807, 2.05) is 43.2 Å². The Labute approximate surface area is 157 Å². The van der Waals surface area contributed by atoms with Crippen LogP contribution in [0.4, 0.5) is 0 Å². The molecule has 0 aliphatic carbocycles. The number of halogens is 1. The number of benzene rings is 2. The van der Waals surface area contributed by atoms with E-state index < -0.39 is 0 Å². The Morgan fingerprint density at radius 1 is 0.962 bits per heavy atom. The molecule has 0 radical (unpaired) electrons. The van der Waals surface area contributed by atoms with Gasteiger partial charge in [-0.05, 0) is 35.2 Å². The van der Waals surface area contributed by atoms with E-state index in [9.17, 15) is 0 Å². The molecule has 26 heavy (non-hydrogen) atoms. The molecule has 2 aromatic heterocycles. The molecule has 2 aromatic carbocycles. The molecule has 1 atom stereocenters. The lowest BCUT2D eigenvalue weighted by Gasteiger charge is -2.19. The van der Waals surface area contributed by atoms with Crippen LogP contribution in [0.15, 0.2) is 79.6 Å². The Bertz CT molecular complexity index is 927. The molecule has 0 bridgehead atoms. The van der Waals surface area contributed by atoms with E-state index in [0.717, 1.165) is 29.1 Å². The first-order chi connectivity index (χ1) is 12.8. The largest absolute Gasteiger partial charge is 0.337 e. The van der Waals surface area contributed by atoms with Crippen molar-refractivity contribution in [2.75, 3.05) is 0 Å². The zero-order chi connectivity index (χ0) is 17.8. The number of aromatic amines is 1. The summed E-state index contributed by atoms with van der Waals surface area (Å²) in [6, 6.07) is 16.9. The van der Waals surface area contributed by atoms with Crippen LogP contribution in [0.1, 0.15) is 23.5 Å². The van der Waals surface area contributed by atoms with Gasteiger partial charge in [-0.15, -0.1) is 0 Å². The maximum atomic E-state index is 6.08. The zero-order valence-corrected chi connectivity index (χ0v) is 15.0. The summed E-state index contributed by atoms with van der Waals surface area (Å²) >= 11 is 6.08. The third-order valence-corrected chi connectivity index (χ3v) is 4.90. The van der Waals surface area contributed by atoms with E-state index in [-0.39, 0.29) is 0 Å². The van der Waals surface area contributed by atoms with E-state index in [2.05, 4.69) is 56.1 Å². The van der Waals surface area contributed by atoms with Gasteiger partial charge in [0.05, 0.1) is 12.5 Å². The molecule has 5 heteroatoms. The van der Waals surface area contributed by atoms with Crippen LogP contribution in [0.3, 0.4) is 0 Å². The molecular weight excluding hydrogens is 344 g/mol. The second kappa shape index (κ2) is 7.58. The second-order valence-electron chi connectivity index (χ2n) is 6.30. The van der Waals surface area contributed by atoms with Gasteiger partial charge in [0, 0.05) is 41.6 Å². The van der Waals surface area contributed by atoms with E-state index in [1.165, 1.54) is 11.1 Å². The smallest absolute Gasteiger partial charge is 0.0945 e. The molecular formula is C21H19ClN4. The average Bonchev–Trinajstić information content (AvgIpc) is 3.38. The highest BCUT2D eigenvalue weighted by molar-refractivity contribution is 6.30. The number of hydrogen-bond acceptors (Lipinski definition) is 2. The molecule has 0 aliphatic heterocycles. The van der Waals surface area contributed by atoms with Crippen LogP contribution < -0.4 is 0 Å². The van der Waals surface area contributed by atoms with E-state index in [4.69, 9.17) is 11.6 Å². The summed E-state index contributed by atoms with van der Waals surface area (Å²) in [5, 5.41) is 7.65. The van der Waals surface area contributed by atoms with Crippen molar-refractivity contribution in [1.82, 2.24) is 19.7 Å². The molecule has 0 saturated carbocycles. The van der Waals surface area contributed by atoms with Crippen molar-refractivity contribution >= 4 is 11.6 Å². The Kier molecular flexibility index (Phi) is 4.84. The van der Waals surface area contributed by atoms with Crippen LogP contribution in [-0.2, 0) is 6.54 Å². The van der Waals surface area contributed by atoms with Crippen LogP contribution >= 0.6 is 11.6 Å². The Hall–Kier alpha value is -2.85. The summed E-state index contributed by atoms with van der Waals surface area (Å²) in [7, 11) is 0. The lowest BCUT2D eigenvalue weighted by atomic mass is 9.88. The van der Waals surface area contributed by atoms with Crippen molar-refractivity contribution in [3.8, 4) is 11.1 Å². The van der Waals surface area contributed by atoms with Crippen LogP contribution in [-0.4, -0.2) is 19.7 Å². The van der Waals surface area contributed by atoms with Crippen LogP contribution in [0.25, 0.3) is 11.1 Å². The number of aromatic nitrogens is 4. The number of H-pyrrole nitrogens is 1. The lowest BCUT2D eigenvalue weighted by molar-refractivity contribution is 0.595. The third kappa shape index (κ3) is 3.70. The summed E-state index contributed by atoms with van der Waals surface area (Å²) in [5.41, 5.74) is 4.82. The average molecular weight is 363 g/mol. The normalized spacial score (nSPS) is 12.2. The Morgan fingerprint density at radius 2 is 1.69 bits per heavy atom. The summed E-state index contributed by atoms with van der Waals surface area (Å²) in [6.07, 6.45) is 10.4. The summed E-state index contributed by atoms with van der Waals surface area (Å²) in [4.78, 5) is 4.13. The van der Waals surface area contributed by atoms with Crippen LogP contribution in [0.5, 0.6) is 0 Å². The van der Waals surface area contributed by atoms with Gasteiger partial charge < -0.3 is 4.57 Å². The molecule has 0 amide bonds. The zero-order valence-electron chi connectivity index (χ0n) is 14.2. The monoisotopic (exact) mass is 362 g/mol. The molecule has 0 fully saturated rings. The first-order valence-electron chi connectivity index (χ1n) is 8.60. The van der Waals surface area contributed by atoms with E-state index in [1.54, 1.807) is 0 Å². The third-order valence-electron chi connectivity index (χ3n) is 4.65. The van der Waals surface area contributed by atoms with Gasteiger partial charge in [0.2, 0.25) is 0 Å². The summed E-state index contributed by atoms with van der Waals surface area (Å²) in [6.45, 7) is 0.913. The summed E-state index contributed by atoms with van der Waals surface area (Å²) in [5.74, 6) is 0.299. The van der Waals surface area contributed by atoms with E-state index in [0.29, 0.717) is 5.92 Å². The molecule has 4 rings (SSSR count). The van der Waals surface area contributed by atoms with Gasteiger partial charge >= 0.3 is 0 Å². The highest BCUT2D eigenvalue weighted by Crippen LogP contribution is 2.31. The van der Waals surface area contributed by atoms with Crippen molar-refractivity contribution in [3.05, 3.63) is 95.8 Å². The highest BCUT2D eigenvalue weighted by atomic mass is 35.5. The standard InChI is InChI=1S/C21H19ClN4/c22-20-7-5-18(6-8-20)21(9-11-26-12-10-23-15-26)17-3-1-16(2-4-17)19-13-24-25-14-19/h1-8,10,12-15,21H,9,11H2,(H,24,25). The SMILES string of the molecule is Clc1ccc(C(CCn2ccnc2)c2ccc(-c3cn[nH]c3)cc2)cc1. The van der Waals surface area contributed by atoms with Crippen molar-refractivity contribution < 1.29 is 0 Å². The predicted molar refractivity (Wildman–Crippen MR) is 104 cm³/mol. The van der Waals surface area contributed by atoms with Crippen molar-refractivity contribution in [2.24, 2.45) is 0 Å². The fourth-order valence-electron chi connectivity index (χ4n) is 3.23. The minimum absolute atomic E-state index is 0.299. The van der Waals surface area contributed by atoms with Gasteiger partial charge in [0.25, 0.3) is 0 Å². The number of hydrogen-bond donors (Lipinski definition) is 1. The molecule has 1 unspecified atom stereocenters. The van der Waals surface area contributed by atoms with Crippen molar-refractivity contribution in [2.45, 2.75) is 18.9 Å². The number of nitrogens with zero attached hydrogens (tertiary/aromatic N) is 3. The maximum absolute atomic E-state index is 6.08. The highest BCUT2D eigenvalue weighted by Gasteiger charge is 2.15. The fourth-order valence-corrected chi connectivity index (χ4v) is 3.36. The molecule has 0 aliphatic rings. The van der Waals surface area contributed by atoms with Crippen molar-refractivity contribution in [3.63, 3.8) is 0 Å². The predicted octanol–water partition coefficient (Wildman–Crippen LogP) is 5.15. The Morgan fingerprint density at radius 3 is 2.31 bits per heavy atom. The lowest BCUT2D eigenvalue weighted by Crippen LogP contribution is -2.06. The van der Waals surface area contributed by atoms with E-state index >= 15 is 0 Å². The van der Waals surface area contributed by atoms with Crippen LogP contribution in [0, 0.1) is 0 Å². The van der Waals surface area contributed by atoms with Crippen LogP contribution in [0.2, 0.25) is 5.02 Å². The molecule has 0 spiro atoms. The van der Waals surface area contributed by atoms with Gasteiger partial charge in [-0.25, -0.2) is 4.98 Å². The molecule has 4 nitrogen and oxygen atoms in total. The summed E-state index contributed by atoms with van der Waals surface area (Å²) < 4.78 is 2.11. The van der Waals surface area contributed by atoms with Gasteiger partial charge in [0.15, 0.2) is 0 Å². The van der Waals surface area contributed by atoms with Gasteiger partial charge in [-0.1, -0.05) is 48.0 Å². The molecule has 1 N–H and O–H groups in total. The molecule has 0 saturated heterocycles. The first kappa shape index (κ1) is 16.6. The quantitative estimate of drug-likeness (QED) is 0.515. The molecule has 2 heterocycles. The van der Waals surface area contributed by atoms with Crippen molar-refractivity contribution in [1.29, 1.82) is 0 Å². The maximum Gasteiger partial charge on any atom is 0.0945 e. The minimum Gasteiger partial charge on any atom is -0.337 e. The topological polar surface area (TPSA) is 46.5 Å². The minimum atomic E-state index is 0.299.